The van der Waals surface area contributed by atoms with Crippen LogP contribution in [0.15, 0.2) is 0 Å². The van der Waals surface area contributed by atoms with E-state index in [0.29, 0.717) is 27.9 Å². The van der Waals surface area contributed by atoms with Crippen molar-refractivity contribution < 1.29 is 4.74 Å². The number of rotatable bonds is 0. The lowest BCUT2D eigenvalue weighted by Crippen LogP contribution is -2.61. The summed E-state index contributed by atoms with van der Waals surface area (Å²) in [6, 6.07) is 0. The fourth-order valence-corrected chi connectivity index (χ4v) is 5.75. The van der Waals surface area contributed by atoms with Crippen molar-refractivity contribution in [2.45, 2.75) is 77.4 Å². The fourth-order valence-electron chi connectivity index (χ4n) is 5.75. The van der Waals surface area contributed by atoms with Crippen LogP contribution in [0.25, 0.3) is 0 Å². The second kappa shape index (κ2) is 2.39. The molecule has 2 spiro atoms. The van der Waals surface area contributed by atoms with Crippen molar-refractivity contribution in [1.29, 1.82) is 0 Å². The molecule has 90 valence electrons. The minimum Gasteiger partial charge on any atom is -0.365 e. The van der Waals surface area contributed by atoms with Gasteiger partial charge in [0.2, 0.25) is 0 Å². The normalized spacial score (nSPS) is 61.3. The fraction of sp³-hybridized carbons (Fsp3) is 1.00. The van der Waals surface area contributed by atoms with Crippen LogP contribution in [-0.4, -0.2) is 11.7 Å². The molecular weight excluding hydrogens is 196 g/mol. The van der Waals surface area contributed by atoms with E-state index in [4.69, 9.17) is 4.74 Å². The van der Waals surface area contributed by atoms with Crippen LogP contribution in [0.2, 0.25) is 0 Å². The van der Waals surface area contributed by atoms with Gasteiger partial charge in [0.1, 0.15) is 5.60 Å². The summed E-state index contributed by atoms with van der Waals surface area (Å²) in [5.74, 6) is 0. The van der Waals surface area contributed by atoms with Gasteiger partial charge in [0.25, 0.3) is 0 Å². The molecule has 0 N–H and O–H groups in total. The summed E-state index contributed by atoms with van der Waals surface area (Å²) in [5, 5.41) is 0. The third kappa shape index (κ3) is 0.836. The standard InChI is InChI=1S/C15H24O/c1-12(2)5-4-11-15(16-11)10-13(3)6-8-14(12,15)9-7-13/h11H,4-10H2,1-3H3. The molecule has 0 aromatic rings. The Morgan fingerprint density at radius 2 is 1.62 bits per heavy atom. The Balaban J connectivity index is 1.85. The summed E-state index contributed by atoms with van der Waals surface area (Å²) in [7, 11) is 0. The first-order valence-electron chi connectivity index (χ1n) is 7.11. The van der Waals surface area contributed by atoms with Gasteiger partial charge in [-0.05, 0) is 55.8 Å². The molecule has 0 radical (unpaired) electrons. The van der Waals surface area contributed by atoms with Gasteiger partial charge in [-0.2, -0.15) is 0 Å². The van der Waals surface area contributed by atoms with Crippen LogP contribution in [-0.2, 0) is 4.74 Å². The average molecular weight is 220 g/mol. The molecule has 5 aliphatic rings. The van der Waals surface area contributed by atoms with Gasteiger partial charge in [0.05, 0.1) is 6.10 Å². The molecule has 1 saturated heterocycles. The van der Waals surface area contributed by atoms with Crippen molar-refractivity contribution in [3.63, 3.8) is 0 Å². The highest BCUT2D eigenvalue weighted by Gasteiger charge is 2.78. The van der Waals surface area contributed by atoms with Crippen molar-refractivity contribution in [3.8, 4) is 0 Å². The van der Waals surface area contributed by atoms with Crippen LogP contribution in [0.5, 0.6) is 0 Å². The van der Waals surface area contributed by atoms with E-state index in [2.05, 4.69) is 20.8 Å². The summed E-state index contributed by atoms with van der Waals surface area (Å²) < 4.78 is 6.29. The highest BCUT2D eigenvalue weighted by atomic mass is 16.6. The van der Waals surface area contributed by atoms with Crippen molar-refractivity contribution in [2.75, 3.05) is 0 Å². The Morgan fingerprint density at radius 3 is 2.31 bits per heavy atom. The Bertz CT molecular complexity index is 348. The third-order valence-electron chi connectivity index (χ3n) is 6.95. The summed E-state index contributed by atoms with van der Waals surface area (Å²) in [6.45, 7) is 7.53. The molecule has 0 aromatic carbocycles. The Kier molecular flexibility index (Phi) is 1.48. The SMILES string of the molecule is CC12CCC3(CC1)C(C)(C)CCC1OC13C2. The number of epoxide rings is 1. The lowest BCUT2D eigenvalue weighted by molar-refractivity contribution is -0.149. The number of fused-ring (bicyclic) bond motifs is 2. The first-order valence-corrected chi connectivity index (χ1v) is 7.11. The van der Waals surface area contributed by atoms with Gasteiger partial charge in [-0.1, -0.05) is 20.8 Å². The van der Waals surface area contributed by atoms with Crippen LogP contribution < -0.4 is 0 Å². The molecule has 2 unspecified atom stereocenters. The van der Waals surface area contributed by atoms with Crippen LogP contribution in [0.1, 0.15) is 65.7 Å². The summed E-state index contributed by atoms with van der Waals surface area (Å²) in [6.07, 6.45) is 10.5. The predicted octanol–water partition coefficient (Wildman–Crippen LogP) is 3.91. The summed E-state index contributed by atoms with van der Waals surface area (Å²) >= 11 is 0. The quantitative estimate of drug-likeness (QED) is 0.564. The van der Waals surface area contributed by atoms with E-state index in [0.717, 1.165) is 0 Å². The van der Waals surface area contributed by atoms with Gasteiger partial charge >= 0.3 is 0 Å². The second-order valence-corrected chi connectivity index (χ2v) is 7.99. The maximum absolute atomic E-state index is 6.29. The lowest BCUT2D eigenvalue weighted by Gasteiger charge is -2.64. The molecule has 1 aliphatic heterocycles. The smallest absolute Gasteiger partial charge is 0.101 e. The molecule has 4 saturated carbocycles. The molecule has 0 aromatic heterocycles. The highest BCUT2D eigenvalue weighted by Crippen LogP contribution is 2.78. The lowest BCUT2D eigenvalue weighted by atomic mass is 9.39. The van der Waals surface area contributed by atoms with E-state index in [1.807, 2.05) is 0 Å². The summed E-state index contributed by atoms with van der Waals surface area (Å²) in [4.78, 5) is 0. The van der Waals surface area contributed by atoms with Crippen molar-refractivity contribution >= 4 is 0 Å². The van der Waals surface area contributed by atoms with Gasteiger partial charge in [0.15, 0.2) is 0 Å². The first-order chi connectivity index (χ1) is 7.43. The Hall–Kier alpha value is -0.0400. The number of hydrogen-bond donors (Lipinski definition) is 0. The predicted molar refractivity (Wildman–Crippen MR) is 64.2 cm³/mol. The van der Waals surface area contributed by atoms with Crippen molar-refractivity contribution in [3.05, 3.63) is 0 Å². The molecule has 2 bridgehead atoms. The monoisotopic (exact) mass is 220 g/mol. The number of ether oxygens (including phenoxy) is 1. The van der Waals surface area contributed by atoms with Crippen LogP contribution >= 0.6 is 0 Å². The topological polar surface area (TPSA) is 12.5 Å². The van der Waals surface area contributed by atoms with E-state index in [-0.39, 0.29) is 0 Å². The Morgan fingerprint density at radius 1 is 0.938 bits per heavy atom. The maximum atomic E-state index is 6.29. The zero-order chi connectivity index (χ0) is 11.2. The molecule has 16 heavy (non-hydrogen) atoms. The van der Waals surface area contributed by atoms with Crippen LogP contribution in [0.3, 0.4) is 0 Å². The van der Waals surface area contributed by atoms with E-state index < -0.39 is 0 Å². The summed E-state index contributed by atoms with van der Waals surface area (Å²) in [5.41, 5.74) is 2.01. The van der Waals surface area contributed by atoms with Crippen LogP contribution in [0, 0.1) is 16.2 Å². The first kappa shape index (κ1) is 9.94. The van der Waals surface area contributed by atoms with Gasteiger partial charge in [-0.3, -0.25) is 0 Å². The number of hydrogen-bond acceptors (Lipinski definition) is 1. The van der Waals surface area contributed by atoms with E-state index >= 15 is 0 Å². The van der Waals surface area contributed by atoms with Crippen LogP contribution in [0.4, 0.5) is 0 Å². The zero-order valence-electron chi connectivity index (χ0n) is 10.9. The molecule has 1 nitrogen and oxygen atoms in total. The second-order valence-electron chi connectivity index (χ2n) is 7.99. The van der Waals surface area contributed by atoms with E-state index in [9.17, 15) is 0 Å². The van der Waals surface area contributed by atoms with Gasteiger partial charge in [-0.25, -0.2) is 0 Å². The molecule has 5 fully saturated rings. The van der Waals surface area contributed by atoms with Gasteiger partial charge < -0.3 is 4.74 Å². The molecule has 0 amide bonds. The minimum atomic E-state index is 0.333. The Labute approximate surface area is 98.9 Å². The van der Waals surface area contributed by atoms with E-state index in [1.165, 1.54) is 44.9 Å². The van der Waals surface area contributed by atoms with Gasteiger partial charge in [-0.15, -0.1) is 0 Å². The van der Waals surface area contributed by atoms with Crippen molar-refractivity contribution in [1.82, 2.24) is 0 Å². The molecular formula is C15H24O. The molecule has 4 aliphatic carbocycles. The largest absolute Gasteiger partial charge is 0.365 e. The molecule has 1 heteroatoms. The molecule has 5 rings (SSSR count). The highest BCUT2D eigenvalue weighted by molar-refractivity contribution is 5.27. The maximum Gasteiger partial charge on any atom is 0.101 e. The molecule has 2 atom stereocenters. The average Bonchev–Trinajstić information content (AvgIpc) is 2.89. The van der Waals surface area contributed by atoms with E-state index in [1.54, 1.807) is 0 Å². The zero-order valence-corrected chi connectivity index (χ0v) is 10.9. The van der Waals surface area contributed by atoms with Crippen molar-refractivity contribution in [2.24, 2.45) is 16.2 Å². The molecule has 1 heterocycles. The minimum absolute atomic E-state index is 0.333. The van der Waals surface area contributed by atoms with Gasteiger partial charge in [0, 0.05) is 5.41 Å². The third-order valence-corrected chi connectivity index (χ3v) is 6.95.